The first kappa shape index (κ1) is 17.8. The average molecular weight is 392 g/mol. The molecule has 0 radical (unpaired) electrons. The van der Waals surface area contributed by atoms with E-state index in [-0.39, 0.29) is 35.2 Å². The molecule has 3 aromatic carbocycles. The Labute approximate surface area is 177 Å². The number of carbonyl (C=O) groups is 2. The van der Waals surface area contributed by atoms with Crippen molar-refractivity contribution in [2.75, 3.05) is 0 Å². The lowest BCUT2D eigenvalue weighted by molar-refractivity contribution is 0.0703. The minimum Gasteiger partial charge on any atom is -0.294 e. The second-order valence-corrected chi connectivity index (χ2v) is 9.09. The molecule has 0 heterocycles. The first-order valence-corrected chi connectivity index (χ1v) is 11.0. The molecule has 0 N–H and O–H groups in total. The Bertz CT molecular complexity index is 1170. The summed E-state index contributed by atoms with van der Waals surface area (Å²) < 4.78 is 0. The van der Waals surface area contributed by atoms with Crippen LogP contribution in [0.4, 0.5) is 0 Å². The Kier molecular flexibility index (Phi) is 4.02. The van der Waals surface area contributed by atoms with Gasteiger partial charge >= 0.3 is 0 Å². The molecule has 0 bridgehead atoms. The summed E-state index contributed by atoms with van der Waals surface area (Å²) >= 11 is 0. The Morgan fingerprint density at radius 2 is 1.20 bits per heavy atom. The van der Waals surface area contributed by atoms with Gasteiger partial charge in [-0.05, 0) is 59.8 Å². The molecule has 2 heteroatoms. The van der Waals surface area contributed by atoms with Crippen LogP contribution < -0.4 is 0 Å². The van der Waals surface area contributed by atoms with Gasteiger partial charge in [0.05, 0.1) is 0 Å². The summed E-state index contributed by atoms with van der Waals surface area (Å²) in [6.07, 6.45) is 3.61. The van der Waals surface area contributed by atoms with Crippen LogP contribution in [0.5, 0.6) is 0 Å². The highest BCUT2D eigenvalue weighted by Crippen LogP contribution is 2.50. The summed E-state index contributed by atoms with van der Waals surface area (Å²) in [4.78, 5) is 27.3. The SMILES string of the molecule is O=C1c2ccccc2CC1C1Cc2ccccc2C(=O)C1C1CCc2ccccc21. The van der Waals surface area contributed by atoms with Crippen molar-refractivity contribution in [3.05, 3.63) is 106 Å². The molecule has 3 aliphatic carbocycles. The highest BCUT2D eigenvalue weighted by Gasteiger charge is 2.49. The summed E-state index contributed by atoms with van der Waals surface area (Å²) in [6, 6.07) is 24.6. The van der Waals surface area contributed by atoms with Crippen LogP contribution in [0.3, 0.4) is 0 Å². The topological polar surface area (TPSA) is 34.1 Å². The zero-order valence-corrected chi connectivity index (χ0v) is 16.9. The molecule has 30 heavy (non-hydrogen) atoms. The zero-order valence-electron chi connectivity index (χ0n) is 16.9. The van der Waals surface area contributed by atoms with Crippen molar-refractivity contribution in [1.82, 2.24) is 0 Å². The van der Waals surface area contributed by atoms with Crippen molar-refractivity contribution in [3.63, 3.8) is 0 Å². The van der Waals surface area contributed by atoms with Gasteiger partial charge in [0.15, 0.2) is 11.6 Å². The van der Waals surface area contributed by atoms with Gasteiger partial charge in [-0.1, -0.05) is 72.8 Å². The quantitative estimate of drug-likeness (QED) is 0.582. The third kappa shape index (κ3) is 2.56. The number of ketones is 2. The molecule has 4 atom stereocenters. The fourth-order valence-corrected chi connectivity index (χ4v) is 6.34. The number of Topliss-reactive ketones (excluding diaryl/α,β-unsaturated/α-hetero) is 2. The van der Waals surface area contributed by atoms with Crippen molar-refractivity contribution in [2.24, 2.45) is 17.8 Å². The van der Waals surface area contributed by atoms with E-state index < -0.39 is 0 Å². The first-order chi connectivity index (χ1) is 14.7. The van der Waals surface area contributed by atoms with E-state index in [1.807, 2.05) is 36.4 Å². The van der Waals surface area contributed by atoms with Gasteiger partial charge < -0.3 is 0 Å². The van der Waals surface area contributed by atoms with Gasteiger partial charge in [-0.15, -0.1) is 0 Å². The molecule has 3 aromatic rings. The number of aryl methyl sites for hydroxylation is 1. The maximum absolute atomic E-state index is 13.8. The van der Waals surface area contributed by atoms with Gasteiger partial charge in [-0.2, -0.15) is 0 Å². The molecule has 0 spiro atoms. The number of hydrogen-bond acceptors (Lipinski definition) is 2. The molecule has 2 nitrogen and oxygen atoms in total. The van der Waals surface area contributed by atoms with Gasteiger partial charge in [0.2, 0.25) is 0 Å². The third-order valence-electron chi connectivity index (χ3n) is 7.69. The standard InChI is InChI=1S/C28H24O2/c29-27-21-11-5-2-9-19(21)16-25(27)24-15-18-8-3-6-12-22(18)28(30)26(24)23-14-13-17-7-1-4-10-20(17)23/h1-12,23-26H,13-16H2. The van der Waals surface area contributed by atoms with Crippen LogP contribution in [0.25, 0.3) is 0 Å². The lowest BCUT2D eigenvalue weighted by atomic mass is 9.63. The normalized spacial score (nSPS) is 26.9. The highest BCUT2D eigenvalue weighted by molar-refractivity contribution is 6.05. The van der Waals surface area contributed by atoms with Crippen molar-refractivity contribution < 1.29 is 9.59 Å². The Morgan fingerprint density at radius 1 is 0.600 bits per heavy atom. The van der Waals surface area contributed by atoms with Crippen molar-refractivity contribution in [1.29, 1.82) is 0 Å². The first-order valence-electron chi connectivity index (χ1n) is 11.0. The lowest BCUT2D eigenvalue weighted by Gasteiger charge is -2.38. The summed E-state index contributed by atoms with van der Waals surface area (Å²) in [5, 5.41) is 0. The van der Waals surface area contributed by atoms with Crippen LogP contribution in [0, 0.1) is 17.8 Å². The molecular formula is C28H24O2. The summed E-state index contributed by atoms with van der Waals surface area (Å²) in [7, 11) is 0. The van der Waals surface area contributed by atoms with Gasteiger partial charge in [0.1, 0.15) is 0 Å². The van der Waals surface area contributed by atoms with Crippen molar-refractivity contribution >= 4 is 11.6 Å². The molecule has 0 saturated carbocycles. The fraction of sp³-hybridized carbons (Fsp3) is 0.286. The summed E-state index contributed by atoms with van der Waals surface area (Å²) in [5.74, 6) is 0.530. The average Bonchev–Trinajstić information content (AvgIpc) is 3.35. The number of benzene rings is 3. The van der Waals surface area contributed by atoms with Crippen molar-refractivity contribution in [2.45, 2.75) is 31.6 Å². The van der Waals surface area contributed by atoms with E-state index in [1.165, 1.54) is 11.1 Å². The number of fused-ring (bicyclic) bond motifs is 3. The Balaban J connectivity index is 1.46. The molecule has 148 valence electrons. The molecule has 0 saturated heterocycles. The smallest absolute Gasteiger partial charge is 0.167 e. The Morgan fingerprint density at radius 3 is 1.93 bits per heavy atom. The van der Waals surface area contributed by atoms with E-state index >= 15 is 0 Å². The Hall–Kier alpha value is -3.00. The van der Waals surface area contributed by atoms with E-state index in [4.69, 9.17) is 0 Å². The predicted octanol–water partition coefficient (Wildman–Crippen LogP) is 5.44. The summed E-state index contributed by atoms with van der Waals surface area (Å²) in [5.41, 5.74) is 6.67. The molecule has 3 aliphatic rings. The highest BCUT2D eigenvalue weighted by atomic mass is 16.1. The van der Waals surface area contributed by atoms with E-state index in [2.05, 4.69) is 36.4 Å². The second-order valence-electron chi connectivity index (χ2n) is 9.09. The molecule has 0 fully saturated rings. The number of hydrogen-bond donors (Lipinski definition) is 0. The van der Waals surface area contributed by atoms with Crippen LogP contribution in [0.2, 0.25) is 0 Å². The van der Waals surface area contributed by atoms with Gasteiger partial charge in [0.25, 0.3) is 0 Å². The zero-order chi connectivity index (χ0) is 20.2. The van der Waals surface area contributed by atoms with Crippen LogP contribution in [-0.2, 0) is 19.3 Å². The monoisotopic (exact) mass is 392 g/mol. The van der Waals surface area contributed by atoms with E-state index in [9.17, 15) is 9.59 Å². The fourth-order valence-electron chi connectivity index (χ4n) is 6.34. The number of carbonyl (C=O) groups excluding carboxylic acids is 2. The molecule has 4 unspecified atom stereocenters. The molecule has 0 aliphatic heterocycles. The minimum absolute atomic E-state index is 0.0588. The number of rotatable bonds is 2. The van der Waals surface area contributed by atoms with Crippen molar-refractivity contribution in [3.8, 4) is 0 Å². The summed E-state index contributed by atoms with van der Waals surface area (Å²) in [6.45, 7) is 0. The van der Waals surface area contributed by atoms with E-state index in [0.717, 1.165) is 47.9 Å². The van der Waals surface area contributed by atoms with E-state index in [0.29, 0.717) is 0 Å². The van der Waals surface area contributed by atoms with Gasteiger partial charge in [0, 0.05) is 23.0 Å². The largest absolute Gasteiger partial charge is 0.294 e. The third-order valence-corrected chi connectivity index (χ3v) is 7.69. The van der Waals surface area contributed by atoms with Crippen LogP contribution in [0.15, 0.2) is 72.8 Å². The predicted molar refractivity (Wildman–Crippen MR) is 117 cm³/mol. The molecular weight excluding hydrogens is 368 g/mol. The van der Waals surface area contributed by atoms with Gasteiger partial charge in [-0.3, -0.25) is 9.59 Å². The van der Waals surface area contributed by atoms with E-state index in [1.54, 1.807) is 0 Å². The molecule has 0 amide bonds. The molecule has 6 rings (SSSR count). The minimum atomic E-state index is -0.119. The maximum atomic E-state index is 13.8. The van der Waals surface area contributed by atoms with Crippen LogP contribution in [0.1, 0.15) is 55.3 Å². The maximum Gasteiger partial charge on any atom is 0.167 e. The van der Waals surface area contributed by atoms with Crippen LogP contribution in [-0.4, -0.2) is 11.6 Å². The van der Waals surface area contributed by atoms with Gasteiger partial charge in [-0.25, -0.2) is 0 Å². The lowest BCUT2D eigenvalue weighted by Crippen LogP contribution is -2.41. The molecule has 0 aromatic heterocycles. The second kappa shape index (κ2) is 6.77. The van der Waals surface area contributed by atoms with Crippen LogP contribution >= 0.6 is 0 Å².